The normalized spacial score (nSPS) is 15.9. The molecule has 0 spiro atoms. The highest BCUT2D eigenvalue weighted by molar-refractivity contribution is 6.31. The Morgan fingerprint density at radius 2 is 1.67 bits per heavy atom. The van der Waals surface area contributed by atoms with E-state index in [1.807, 2.05) is 62.1 Å². The number of likely N-dealkylation sites (tertiary alicyclic amines) is 1. The highest BCUT2D eigenvalue weighted by atomic mass is 35.5. The highest BCUT2D eigenvalue weighted by Gasteiger charge is 2.28. The van der Waals surface area contributed by atoms with Gasteiger partial charge in [-0.15, -0.1) is 0 Å². The maximum Gasteiger partial charge on any atom is 0.407 e. The van der Waals surface area contributed by atoms with E-state index < -0.39 is 11.7 Å². The van der Waals surface area contributed by atoms with Gasteiger partial charge in [0.2, 0.25) is 0 Å². The molecule has 2 aliphatic rings. The second-order valence-corrected chi connectivity index (χ2v) is 12.7. The van der Waals surface area contributed by atoms with E-state index in [0.29, 0.717) is 30.2 Å². The molecule has 0 aromatic heterocycles. The smallest absolute Gasteiger partial charge is 0.407 e. The highest BCUT2D eigenvalue weighted by Crippen LogP contribution is 2.33. The molecule has 1 fully saturated rings. The van der Waals surface area contributed by atoms with Gasteiger partial charge in [-0.2, -0.15) is 0 Å². The van der Waals surface area contributed by atoms with Crippen LogP contribution in [0.25, 0.3) is 0 Å². The Morgan fingerprint density at radius 3 is 2.40 bits per heavy atom. The number of hydrogen-bond acceptors (Lipinski definition) is 6. The average molecular weight is 613 g/mol. The number of piperidine rings is 1. The Balaban J connectivity index is 1.19. The quantitative estimate of drug-likeness (QED) is 0.296. The molecule has 9 nitrogen and oxygen atoms in total. The SMILES string of the molecule is CC(C)(C)OC(=O)NCCCCCCNC(=O)c1cc(Cl)ccc1C1CCN(CCN2C(=O)COc3ccccc32)CC1. The summed E-state index contributed by atoms with van der Waals surface area (Å²) in [5.41, 5.74) is 2.04. The van der Waals surface area contributed by atoms with Crippen LogP contribution in [0.1, 0.15) is 81.1 Å². The van der Waals surface area contributed by atoms with Gasteiger partial charge in [0.15, 0.2) is 6.61 Å². The first-order valence-electron chi connectivity index (χ1n) is 15.4. The van der Waals surface area contributed by atoms with E-state index >= 15 is 0 Å². The van der Waals surface area contributed by atoms with Crippen LogP contribution in [0, 0.1) is 0 Å². The first kappa shape index (κ1) is 32.6. The Bertz CT molecular complexity index is 1260. The van der Waals surface area contributed by atoms with E-state index in [-0.39, 0.29) is 24.3 Å². The second kappa shape index (κ2) is 15.4. The number of benzene rings is 2. The first-order chi connectivity index (χ1) is 20.6. The minimum Gasteiger partial charge on any atom is -0.482 e. The van der Waals surface area contributed by atoms with Crippen molar-refractivity contribution in [2.24, 2.45) is 0 Å². The van der Waals surface area contributed by atoms with Crippen LogP contribution in [0.3, 0.4) is 0 Å². The Morgan fingerprint density at radius 1 is 0.977 bits per heavy atom. The van der Waals surface area contributed by atoms with Crippen molar-refractivity contribution in [2.75, 3.05) is 50.8 Å². The predicted molar refractivity (Wildman–Crippen MR) is 169 cm³/mol. The number of ether oxygens (including phenoxy) is 2. The van der Waals surface area contributed by atoms with Gasteiger partial charge in [-0.25, -0.2) is 4.79 Å². The van der Waals surface area contributed by atoms with Crippen LogP contribution in [-0.4, -0.2) is 74.3 Å². The number of hydrogen-bond donors (Lipinski definition) is 2. The van der Waals surface area contributed by atoms with E-state index in [0.717, 1.165) is 75.2 Å². The van der Waals surface area contributed by atoms with Crippen LogP contribution in [0.15, 0.2) is 42.5 Å². The maximum absolute atomic E-state index is 13.2. The molecule has 0 bridgehead atoms. The number of amides is 3. The van der Waals surface area contributed by atoms with Gasteiger partial charge >= 0.3 is 6.09 Å². The third-order valence-corrected chi connectivity index (χ3v) is 8.03. The number of carbonyl (C=O) groups is 3. The Labute approximate surface area is 260 Å². The zero-order chi connectivity index (χ0) is 30.8. The monoisotopic (exact) mass is 612 g/mol. The lowest BCUT2D eigenvalue weighted by Crippen LogP contribution is -2.45. The summed E-state index contributed by atoms with van der Waals surface area (Å²) >= 11 is 6.31. The summed E-state index contributed by atoms with van der Waals surface area (Å²) < 4.78 is 10.8. The summed E-state index contributed by atoms with van der Waals surface area (Å²) in [7, 11) is 0. The average Bonchev–Trinajstić information content (AvgIpc) is 2.97. The first-order valence-corrected chi connectivity index (χ1v) is 15.8. The number of rotatable bonds is 12. The van der Waals surface area contributed by atoms with Crippen molar-refractivity contribution in [3.63, 3.8) is 0 Å². The molecule has 3 amide bonds. The number of halogens is 1. The molecule has 4 rings (SSSR count). The molecule has 0 atom stereocenters. The fourth-order valence-electron chi connectivity index (χ4n) is 5.59. The lowest BCUT2D eigenvalue weighted by atomic mass is 9.86. The van der Waals surface area contributed by atoms with Crippen molar-refractivity contribution in [3.8, 4) is 5.75 Å². The fraction of sp³-hybridized carbons (Fsp3) is 0.545. The fourth-order valence-corrected chi connectivity index (χ4v) is 5.77. The zero-order valence-electron chi connectivity index (χ0n) is 25.6. The molecular formula is C33H45ClN4O5. The molecular weight excluding hydrogens is 568 g/mol. The number of unbranched alkanes of at least 4 members (excludes halogenated alkanes) is 3. The molecule has 2 aromatic rings. The number of nitrogens with one attached hydrogen (secondary N) is 2. The molecule has 0 radical (unpaired) electrons. The third kappa shape index (κ3) is 9.86. The minimum absolute atomic E-state index is 0.0133. The van der Waals surface area contributed by atoms with Crippen LogP contribution >= 0.6 is 11.6 Å². The van der Waals surface area contributed by atoms with Crippen molar-refractivity contribution in [1.29, 1.82) is 0 Å². The van der Waals surface area contributed by atoms with Crippen molar-refractivity contribution >= 4 is 35.2 Å². The van der Waals surface area contributed by atoms with Crippen LogP contribution in [0.2, 0.25) is 5.02 Å². The topological polar surface area (TPSA) is 100 Å². The van der Waals surface area contributed by atoms with Crippen LogP contribution in [0.4, 0.5) is 10.5 Å². The number of fused-ring (bicyclic) bond motifs is 1. The lowest BCUT2D eigenvalue weighted by molar-refractivity contribution is -0.121. The number of anilines is 1. The van der Waals surface area contributed by atoms with Gasteiger partial charge in [0, 0.05) is 36.8 Å². The zero-order valence-corrected chi connectivity index (χ0v) is 26.4. The summed E-state index contributed by atoms with van der Waals surface area (Å²) in [6.07, 6.45) is 5.12. The lowest BCUT2D eigenvalue weighted by Gasteiger charge is -2.35. The molecule has 10 heteroatoms. The molecule has 2 N–H and O–H groups in total. The van der Waals surface area contributed by atoms with Gasteiger partial charge in [-0.3, -0.25) is 9.59 Å². The molecule has 0 unspecified atom stereocenters. The largest absolute Gasteiger partial charge is 0.482 e. The van der Waals surface area contributed by atoms with E-state index in [1.54, 1.807) is 6.07 Å². The van der Waals surface area contributed by atoms with Crippen LogP contribution < -0.4 is 20.3 Å². The van der Waals surface area contributed by atoms with Crippen molar-refractivity contribution in [1.82, 2.24) is 15.5 Å². The van der Waals surface area contributed by atoms with E-state index in [9.17, 15) is 14.4 Å². The van der Waals surface area contributed by atoms with Crippen molar-refractivity contribution in [3.05, 3.63) is 58.6 Å². The number of nitrogens with zero attached hydrogens (tertiary/aromatic N) is 2. The molecule has 234 valence electrons. The van der Waals surface area contributed by atoms with Crippen LogP contribution in [0.5, 0.6) is 5.75 Å². The van der Waals surface area contributed by atoms with Gasteiger partial charge in [0.1, 0.15) is 11.4 Å². The number of carbonyl (C=O) groups excluding carboxylic acids is 3. The maximum atomic E-state index is 13.2. The molecule has 1 saturated heterocycles. The molecule has 2 aliphatic heterocycles. The molecule has 0 saturated carbocycles. The van der Waals surface area contributed by atoms with Gasteiger partial charge in [0.05, 0.1) is 5.69 Å². The summed E-state index contributed by atoms with van der Waals surface area (Å²) in [4.78, 5) is 41.6. The van der Waals surface area contributed by atoms with Crippen LogP contribution in [-0.2, 0) is 9.53 Å². The Kier molecular flexibility index (Phi) is 11.7. The number of para-hydroxylation sites is 2. The standard InChI is InChI=1S/C33H45ClN4O5/c1-33(2,3)43-32(41)36-17-9-5-4-8-16-35-31(40)27-22-25(34)12-13-26(27)24-14-18-37(19-15-24)20-21-38-28-10-6-7-11-29(28)42-23-30(38)39/h6-7,10-13,22,24H,4-5,8-9,14-21,23H2,1-3H3,(H,35,40)(H,36,41). The predicted octanol–water partition coefficient (Wildman–Crippen LogP) is 5.76. The van der Waals surface area contributed by atoms with Gasteiger partial charge in [-0.1, -0.05) is 42.6 Å². The summed E-state index contributed by atoms with van der Waals surface area (Å²) in [5.74, 6) is 0.927. The van der Waals surface area contributed by atoms with Gasteiger partial charge in [0.25, 0.3) is 11.8 Å². The summed E-state index contributed by atoms with van der Waals surface area (Å²) in [5, 5.41) is 6.40. The van der Waals surface area contributed by atoms with Gasteiger partial charge in [-0.05, 0) is 95.3 Å². The van der Waals surface area contributed by atoms with Gasteiger partial charge < -0.3 is 29.9 Å². The minimum atomic E-state index is -0.498. The van der Waals surface area contributed by atoms with Crippen molar-refractivity contribution in [2.45, 2.75) is 70.8 Å². The van der Waals surface area contributed by atoms with E-state index in [4.69, 9.17) is 21.1 Å². The number of alkyl carbamates (subject to hydrolysis) is 1. The van der Waals surface area contributed by atoms with E-state index in [1.165, 1.54) is 0 Å². The third-order valence-electron chi connectivity index (χ3n) is 7.79. The molecule has 43 heavy (non-hydrogen) atoms. The summed E-state index contributed by atoms with van der Waals surface area (Å²) in [6.45, 7) is 9.98. The van der Waals surface area contributed by atoms with Crippen molar-refractivity contribution < 1.29 is 23.9 Å². The molecule has 0 aliphatic carbocycles. The second-order valence-electron chi connectivity index (χ2n) is 12.2. The molecule has 2 heterocycles. The van der Waals surface area contributed by atoms with E-state index in [2.05, 4.69) is 15.5 Å². The summed E-state index contributed by atoms with van der Waals surface area (Å²) in [6, 6.07) is 13.3. The Hall–Kier alpha value is -3.30. The molecule has 2 aromatic carbocycles.